The molecule has 2 heteroatoms. The van der Waals surface area contributed by atoms with E-state index in [-0.39, 0.29) is 12.1 Å². The number of hydrogen-bond donors (Lipinski definition) is 0. The molecule has 0 radical (unpaired) electrons. The lowest BCUT2D eigenvalue weighted by molar-refractivity contribution is -0.162. The van der Waals surface area contributed by atoms with Crippen LogP contribution in [0.25, 0.3) is 0 Å². The summed E-state index contributed by atoms with van der Waals surface area (Å²) in [6, 6.07) is 0. The van der Waals surface area contributed by atoms with Crippen molar-refractivity contribution in [3.05, 3.63) is 24.3 Å². The minimum Gasteiger partial charge on any atom is -0.462 e. The highest BCUT2D eigenvalue weighted by atomic mass is 16.5. The maximum atomic E-state index is 12.9. The number of unbranched alkanes of at least 4 members (excludes halogenated alkanes) is 8. The van der Waals surface area contributed by atoms with Crippen LogP contribution in [0, 0.1) is 58.2 Å². The molecule has 0 aromatic carbocycles. The van der Waals surface area contributed by atoms with Crippen molar-refractivity contribution in [1.82, 2.24) is 0 Å². The SMILES string of the molecule is CCCCC/C=C\C/C=C\CCCCCCCC(=O)O[C@H]1CC[C@@]2(C)[C@@H](CC[C@@H]3[C@@H]2CC[C@]2(C)[C@@H]([C@H](C)CC[C@@H](CC)C(C)C)CC[C@@H]32)C1. The topological polar surface area (TPSA) is 26.3 Å². The van der Waals surface area contributed by atoms with Crippen molar-refractivity contribution in [2.24, 2.45) is 58.2 Å². The largest absolute Gasteiger partial charge is 0.462 e. The molecule has 10 atom stereocenters. The molecule has 0 aromatic rings. The number of esters is 1. The van der Waals surface area contributed by atoms with Crippen molar-refractivity contribution in [3.8, 4) is 0 Å². The Labute approximate surface area is 305 Å². The highest BCUT2D eigenvalue weighted by Gasteiger charge is 2.60. The fourth-order valence-corrected chi connectivity index (χ4v) is 12.3. The number of rotatable bonds is 21. The molecule has 0 bridgehead atoms. The molecule has 49 heavy (non-hydrogen) atoms. The normalized spacial score (nSPS) is 34.2. The van der Waals surface area contributed by atoms with E-state index in [1.165, 1.54) is 116 Å². The van der Waals surface area contributed by atoms with Crippen LogP contribution in [0.1, 0.15) is 203 Å². The highest BCUT2D eigenvalue weighted by molar-refractivity contribution is 5.69. The Morgan fingerprint density at radius 1 is 0.735 bits per heavy atom. The second-order valence-electron chi connectivity index (χ2n) is 18.7. The summed E-state index contributed by atoms with van der Waals surface area (Å²) < 4.78 is 6.18. The van der Waals surface area contributed by atoms with E-state index in [4.69, 9.17) is 4.74 Å². The smallest absolute Gasteiger partial charge is 0.306 e. The Balaban J connectivity index is 1.12. The summed E-state index contributed by atoms with van der Waals surface area (Å²) in [4.78, 5) is 12.9. The number of fused-ring (bicyclic) bond motifs is 5. The molecule has 2 nitrogen and oxygen atoms in total. The monoisotopic (exact) mass is 679 g/mol. The van der Waals surface area contributed by atoms with Crippen LogP contribution >= 0.6 is 0 Å². The predicted octanol–water partition coefficient (Wildman–Crippen LogP) is 14.5. The number of hydrogen-bond acceptors (Lipinski definition) is 2. The minimum atomic E-state index is 0.0752. The van der Waals surface area contributed by atoms with Crippen molar-refractivity contribution >= 4 is 5.97 Å². The van der Waals surface area contributed by atoms with Crippen LogP contribution in [0.2, 0.25) is 0 Å². The van der Waals surface area contributed by atoms with Gasteiger partial charge < -0.3 is 4.74 Å². The maximum Gasteiger partial charge on any atom is 0.306 e. The molecule has 4 aliphatic rings. The molecule has 4 fully saturated rings. The number of ether oxygens (including phenoxy) is 1. The average molecular weight is 679 g/mol. The van der Waals surface area contributed by atoms with E-state index in [0.717, 1.165) is 79.4 Å². The lowest BCUT2D eigenvalue weighted by atomic mass is 9.44. The summed E-state index contributed by atoms with van der Waals surface area (Å²) in [5.74, 6) is 7.14. The average Bonchev–Trinajstić information content (AvgIpc) is 3.44. The summed E-state index contributed by atoms with van der Waals surface area (Å²) >= 11 is 0. The molecule has 4 aliphatic carbocycles. The Kier molecular flexibility index (Phi) is 16.8. The molecule has 0 heterocycles. The standard InChI is InChI=1S/C47H82O2/c1-8-10-11-12-13-14-15-16-17-18-19-20-21-22-23-24-45(48)49-40-31-33-46(6)39(35-40)27-28-41-43-30-29-42(47(43,7)34-32-44(41)46)37(5)25-26-38(9-2)36(3)4/h13-14,16-17,36-44H,8-12,15,18-35H2,1-7H3/b14-13-,17-16-/t37-,38-,39+,40+,41+,42-,43+,44+,46+,47-/m1/s1. The van der Waals surface area contributed by atoms with Crippen molar-refractivity contribution in [2.75, 3.05) is 0 Å². The maximum absolute atomic E-state index is 12.9. The first-order valence-electron chi connectivity index (χ1n) is 22.1. The molecule has 4 saturated carbocycles. The highest BCUT2D eigenvalue weighted by Crippen LogP contribution is 2.68. The Hall–Kier alpha value is -1.05. The predicted molar refractivity (Wildman–Crippen MR) is 211 cm³/mol. The molecule has 0 unspecified atom stereocenters. The Bertz CT molecular complexity index is 1010. The van der Waals surface area contributed by atoms with Gasteiger partial charge in [-0.1, -0.05) is 118 Å². The molecule has 0 aromatic heterocycles. The van der Waals surface area contributed by atoms with Gasteiger partial charge in [-0.3, -0.25) is 4.79 Å². The van der Waals surface area contributed by atoms with Crippen LogP contribution < -0.4 is 0 Å². The quantitative estimate of drug-likeness (QED) is 0.0686. The van der Waals surface area contributed by atoms with Gasteiger partial charge in [0, 0.05) is 6.42 Å². The Morgan fingerprint density at radius 2 is 1.41 bits per heavy atom. The number of carbonyl (C=O) groups excluding carboxylic acids is 1. The molecule has 0 aliphatic heterocycles. The first-order chi connectivity index (χ1) is 23.6. The van der Waals surface area contributed by atoms with Gasteiger partial charge in [0.15, 0.2) is 0 Å². The zero-order valence-corrected chi connectivity index (χ0v) is 33.8. The van der Waals surface area contributed by atoms with Crippen molar-refractivity contribution < 1.29 is 9.53 Å². The van der Waals surface area contributed by atoms with Gasteiger partial charge in [-0.2, -0.15) is 0 Å². The van der Waals surface area contributed by atoms with Gasteiger partial charge in [-0.15, -0.1) is 0 Å². The summed E-state index contributed by atoms with van der Waals surface area (Å²) in [5.41, 5.74) is 1.03. The summed E-state index contributed by atoms with van der Waals surface area (Å²) in [7, 11) is 0. The van der Waals surface area contributed by atoms with Gasteiger partial charge in [-0.05, 0) is 161 Å². The summed E-state index contributed by atoms with van der Waals surface area (Å²) in [6.07, 6.45) is 39.9. The first kappa shape index (κ1) is 40.7. The summed E-state index contributed by atoms with van der Waals surface area (Å²) in [6.45, 7) is 17.6. The van der Waals surface area contributed by atoms with E-state index in [1.807, 2.05) is 0 Å². The van der Waals surface area contributed by atoms with E-state index >= 15 is 0 Å². The van der Waals surface area contributed by atoms with Crippen LogP contribution in [0.15, 0.2) is 24.3 Å². The molecule has 0 saturated heterocycles. The summed E-state index contributed by atoms with van der Waals surface area (Å²) in [5, 5.41) is 0. The van der Waals surface area contributed by atoms with Crippen LogP contribution in [-0.2, 0) is 9.53 Å². The lowest BCUT2D eigenvalue weighted by Crippen LogP contribution is -2.54. The second kappa shape index (κ2) is 20.3. The number of carbonyl (C=O) groups is 1. The molecular weight excluding hydrogens is 597 g/mol. The van der Waals surface area contributed by atoms with E-state index in [9.17, 15) is 4.79 Å². The fourth-order valence-electron chi connectivity index (χ4n) is 12.3. The van der Waals surface area contributed by atoms with Crippen molar-refractivity contribution in [1.29, 1.82) is 0 Å². The van der Waals surface area contributed by atoms with Gasteiger partial charge in [0.2, 0.25) is 0 Å². The van der Waals surface area contributed by atoms with Gasteiger partial charge >= 0.3 is 5.97 Å². The van der Waals surface area contributed by atoms with Crippen molar-refractivity contribution in [3.63, 3.8) is 0 Å². The van der Waals surface area contributed by atoms with Crippen molar-refractivity contribution in [2.45, 2.75) is 209 Å². The molecule has 0 spiro atoms. The molecule has 0 amide bonds. The van der Waals surface area contributed by atoms with E-state index in [0.29, 0.717) is 17.3 Å². The van der Waals surface area contributed by atoms with Crippen LogP contribution in [-0.4, -0.2) is 12.1 Å². The third-order valence-electron chi connectivity index (χ3n) is 15.5. The Morgan fingerprint density at radius 3 is 2.12 bits per heavy atom. The third kappa shape index (κ3) is 11.0. The van der Waals surface area contributed by atoms with Crippen LogP contribution in [0.4, 0.5) is 0 Å². The molecule has 282 valence electrons. The minimum absolute atomic E-state index is 0.0752. The fraction of sp³-hybridized carbons (Fsp3) is 0.894. The number of allylic oxidation sites excluding steroid dienone is 4. The van der Waals surface area contributed by atoms with Crippen LogP contribution in [0.3, 0.4) is 0 Å². The zero-order chi connectivity index (χ0) is 35.3. The molecule has 4 rings (SSSR count). The van der Waals surface area contributed by atoms with Gasteiger partial charge in [-0.25, -0.2) is 0 Å². The van der Waals surface area contributed by atoms with Crippen LogP contribution in [0.5, 0.6) is 0 Å². The lowest BCUT2D eigenvalue weighted by Gasteiger charge is -2.61. The van der Waals surface area contributed by atoms with Gasteiger partial charge in [0.1, 0.15) is 6.10 Å². The second-order valence-corrected chi connectivity index (χ2v) is 18.7. The van der Waals surface area contributed by atoms with E-state index in [2.05, 4.69) is 72.8 Å². The van der Waals surface area contributed by atoms with E-state index < -0.39 is 0 Å². The molecule has 0 N–H and O–H groups in total. The third-order valence-corrected chi connectivity index (χ3v) is 15.5. The van der Waals surface area contributed by atoms with E-state index in [1.54, 1.807) is 0 Å². The zero-order valence-electron chi connectivity index (χ0n) is 33.8. The van der Waals surface area contributed by atoms with Gasteiger partial charge in [0.05, 0.1) is 0 Å². The first-order valence-corrected chi connectivity index (χ1v) is 22.1. The van der Waals surface area contributed by atoms with Gasteiger partial charge in [0.25, 0.3) is 0 Å². The molecular formula is C47H82O2.